The Kier molecular flexibility index (Phi) is 2.44. The molecule has 4 N–H and O–H groups in total. The molecule has 1 unspecified atom stereocenters. The first kappa shape index (κ1) is 8.73. The Labute approximate surface area is 69.6 Å². The lowest BCUT2D eigenvalue weighted by Gasteiger charge is -2.01. The predicted molar refractivity (Wildman–Crippen MR) is 42.5 cm³/mol. The van der Waals surface area contributed by atoms with E-state index in [0.29, 0.717) is 12.1 Å². The molecule has 1 aromatic heterocycles. The number of aromatic amines is 1. The number of aliphatic hydroxyl groups is 1. The summed E-state index contributed by atoms with van der Waals surface area (Å²) in [4.78, 5) is 17.2. The molecule has 1 amide bonds. The van der Waals surface area contributed by atoms with Crippen LogP contribution in [-0.4, -0.2) is 27.1 Å². The van der Waals surface area contributed by atoms with Gasteiger partial charge in [0.15, 0.2) is 0 Å². The summed E-state index contributed by atoms with van der Waals surface area (Å²) in [7, 11) is 0. The molecule has 0 radical (unpaired) electrons. The largest absolute Gasteiger partial charge is 0.393 e. The van der Waals surface area contributed by atoms with Crippen LogP contribution in [0.5, 0.6) is 0 Å². The fourth-order valence-electron chi connectivity index (χ4n) is 0.984. The summed E-state index contributed by atoms with van der Waals surface area (Å²) in [5.74, 6) is -0.577. The maximum absolute atomic E-state index is 10.7. The van der Waals surface area contributed by atoms with E-state index in [-0.39, 0.29) is 5.69 Å². The molecule has 1 aromatic rings. The van der Waals surface area contributed by atoms with Gasteiger partial charge in [-0.3, -0.25) is 4.79 Å². The molecule has 0 aromatic carbocycles. The average Bonchev–Trinajstić information content (AvgIpc) is 2.33. The number of primary amides is 1. The first-order valence-corrected chi connectivity index (χ1v) is 3.61. The molecule has 0 spiro atoms. The van der Waals surface area contributed by atoms with Crippen LogP contribution >= 0.6 is 0 Å². The smallest absolute Gasteiger partial charge is 0.269 e. The number of nitrogens with zero attached hydrogens (tertiary/aromatic N) is 1. The first-order chi connectivity index (χ1) is 5.61. The molecule has 1 rings (SSSR count). The van der Waals surface area contributed by atoms with Gasteiger partial charge in [0, 0.05) is 6.42 Å². The van der Waals surface area contributed by atoms with Gasteiger partial charge in [-0.15, -0.1) is 0 Å². The van der Waals surface area contributed by atoms with E-state index in [1.165, 1.54) is 6.33 Å². The van der Waals surface area contributed by atoms with Gasteiger partial charge in [0.2, 0.25) is 0 Å². The van der Waals surface area contributed by atoms with Gasteiger partial charge in [0.05, 0.1) is 18.1 Å². The first-order valence-electron chi connectivity index (χ1n) is 3.61. The van der Waals surface area contributed by atoms with Crippen LogP contribution in [0.1, 0.15) is 23.1 Å². The SMILES string of the molecule is CC(O)Cc1[nH]cnc1C(N)=O. The van der Waals surface area contributed by atoms with E-state index in [1.807, 2.05) is 0 Å². The summed E-state index contributed by atoms with van der Waals surface area (Å²) >= 11 is 0. The van der Waals surface area contributed by atoms with Crippen LogP contribution in [-0.2, 0) is 6.42 Å². The number of rotatable bonds is 3. The second-order valence-electron chi connectivity index (χ2n) is 2.65. The third-order valence-corrected chi connectivity index (χ3v) is 1.45. The summed E-state index contributed by atoms with van der Waals surface area (Å²) < 4.78 is 0. The Morgan fingerprint density at radius 1 is 1.92 bits per heavy atom. The minimum absolute atomic E-state index is 0.205. The van der Waals surface area contributed by atoms with E-state index in [1.54, 1.807) is 6.92 Å². The van der Waals surface area contributed by atoms with Crippen LogP contribution in [0.25, 0.3) is 0 Å². The van der Waals surface area contributed by atoms with E-state index in [2.05, 4.69) is 9.97 Å². The van der Waals surface area contributed by atoms with E-state index < -0.39 is 12.0 Å². The molecule has 12 heavy (non-hydrogen) atoms. The summed E-state index contributed by atoms with van der Waals surface area (Å²) in [5, 5.41) is 9.03. The van der Waals surface area contributed by atoms with Crippen LogP contribution in [0.15, 0.2) is 6.33 Å². The van der Waals surface area contributed by atoms with Gasteiger partial charge in [-0.2, -0.15) is 0 Å². The summed E-state index contributed by atoms with van der Waals surface area (Å²) in [6.07, 6.45) is 1.24. The van der Waals surface area contributed by atoms with Crippen molar-refractivity contribution in [2.75, 3.05) is 0 Å². The molecule has 66 valence electrons. The van der Waals surface area contributed by atoms with E-state index >= 15 is 0 Å². The zero-order chi connectivity index (χ0) is 9.14. The van der Waals surface area contributed by atoms with Crippen molar-refractivity contribution in [1.82, 2.24) is 9.97 Å². The number of hydrogen-bond donors (Lipinski definition) is 3. The minimum Gasteiger partial charge on any atom is -0.393 e. The Hall–Kier alpha value is -1.36. The Morgan fingerprint density at radius 2 is 2.58 bits per heavy atom. The quantitative estimate of drug-likeness (QED) is 0.565. The molecular formula is C7H11N3O2. The highest BCUT2D eigenvalue weighted by molar-refractivity contribution is 5.91. The van der Waals surface area contributed by atoms with Crippen molar-refractivity contribution in [3.05, 3.63) is 17.7 Å². The number of aromatic nitrogens is 2. The van der Waals surface area contributed by atoms with Crippen molar-refractivity contribution in [1.29, 1.82) is 0 Å². The number of nitrogens with two attached hydrogens (primary N) is 1. The molecule has 0 fully saturated rings. The van der Waals surface area contributed by atoms with Crippen molar-refractivity contribution in [2.24, 2.45) is 5.73 Å². The Bertz CT molecular complexity index is 280. The zero-order valence-electron chi connectivity index (χ0n) is 6.74. The molecule has 0 aliphatic carbocycles. The third kappa shape index (κ3) is 1.82. The second kappa shape index (κ2) is 3.36. The normalized spacial score (nSPS) is 12.8. The zero-order valence-corrected chi connectivity index (χ0v) is 6.74. The Balaban J connectivity index is 2.84. The van der Waals surface area contributed by atoms with Crippen LogP contribution in [0.2, 0.25) is 0 Å². The number of hydrogen-bond acceptors (Lipinski definition) is 3. The number of imidazole rings is 1. The number of H-pyrrole nitrogens is 1. The highest BCUT2D eigenvalue weighted by atomic mass is 16.3. The lowest BCUT2D eigenvalue weighted by molar-refractivity contribution is 0.0994. The van der Waals surface area contributed by atoms with Gasteiger partial charge in [-0.1, -0.05) is 0 Å². The fraction of sp³-hybridized carbons (Fsp3) is 0.429. The lowest BCUT2D eigenvalue weighted by Crippen LogP contribution is -2.16. The second-order valence-corrected chi connectivity index (χ2v) is 2.65. The molecule has 5 heteroatoms. The molecule has 1 heterocycles. The van der Waals surface area contributed by atoms with Crippen molar-refractivity contribution < 1.29 is 9.90 Å². The van der Waals surface area contributed by atoms with Crippen molar-refractivity contribution >= 4 is 5.91 Å². The maximum atomic E-state index is 10.7. The van der Waals surface area contributed by atoms with E-state index in [4.69, 9.17) is 10.8 Å². The monoisotopic (exact) mass is 169 g/mol. The van der Waals surface area contributed by atoms with Gasteiger partial charge in [-0.05, 0) is 6.92 Å². The van der Waals surface area contributed by atoms with E-state index in [0.717, 1.165) is 0 Å². The fourth-order valence-corrected chi connectivity index (χ4v) is 0.984. The molecule has 1 atom stereocenters. The molecule has 0 bridgehead atoms. The average molecular weight is 169 g/mol. The van der Waals surface area contributed by atoms with Gasteiger partial charge in [-0.25, -0.2) is 4.98 Å². The minimum atomic E-state index is -0.577. The number of amides is 1. The van der Waals surface area contributed by atoms with Crippen LogP contribution < -0.4 is 5.73 Å². The maximum Gasteiger partial charge on any atom is 0.269 e. The molecule has 0 aliphatic heterocycles. The third-order valence-electron chi connectivity index (χ3n) is 1.45. The van der Waals surface area contributed by atoms with Crippen molar-refractivity contribution in [2.45, 2.75) is 19.4 Å². The summed E-state index contributed by atoms with van der Waals surface area (Å²) in [6.45, 7) is 1.63. The number of nitrogens with one attached hydrogen (secondary N) is 1. The molecule has 0 aliphatic rings. The molecular weight excluding hydrogens is 158 g/mol. The van der Waals surface area contributed by atoms with Gasteiger partial charge in [0.25, 0.3) is 5.91 Å². The predicted octanol–water partition coefficient (Wildman–Crippen LogP) is -0.568. The van der Waals surface area contributed by atoms with E-state index in [9.17, 15) is 4.79 Å². The van der Waals surface area contributed by atoms with Crippen LogP contribution in [0, 0.1) is 0 Å². The van der Waals surface area contributed by atoms with Gasteiger partial charge >= 0.3 is 0 Å². The summed E-state index contributed by atoms with van der Waals surface area (Å²) in [6, 6.07) is 0. The lowest BCUT2D eigenvalue weighted by atomic mass is 10.2. The standard InChI is InChI=1S/C7H11N3O2/c1-4(11)2-5-6(7(8)12)10-3-9-5/h3-4,11H,2H2,1H3,(H2,8,12)(H,9,10). The molecule has 5 nitrogen and oxygen atoms in total. The summed E-state index contributed by atoms with van der Waals surface area (Å²) in [5.41, 5.74) is 5.82. The topological polar surface area (TPSA) is 92.0 Å². The number of carbonyl (C=O) groups excluding carboxylic acids is 1. The van der Waals surface area contributed by atoms with Crippen molar-refractivity contribution in [3.63, 3.8) is 0 Å². The molecule has 0 saturated heterocycles. The Morgan fingerprint density at radius 3 is 3.08 bits per heavy atom. The van der Waals surface area contributed by atoms with Gasteiger partial charge < -0.3 is 15.8 Å². The van der Waals surface area contributed by atoms with Crippen LogP contribution in [0.4, 0.5) is 0 Å². The highest BCUT2D eigenvalue weighted by Gasteiger charge is 2.12. The highest BCUT2D eigenvalue weighted by Crippen LogP contribution is 2.04. The molecule has 0 saturated carbocycles. The number of aliphatic hydroxyl groups excluding tert-OH is 1. The van der Waals surface area contributed by atoms with Crippen LogP contribution in [0.3, 0.4) is 0 Å². The van der Waals surface area contributed by atoms with Gasteiger partial charge in [0.1, 0.15) is 5.69 Å². The number of carbonyl (C=O) groups is 1. The van der Waals surface area contributed by atoms with Crippen molar-refractivity contribution in [3.8, 4) is 0 Å².